The van der Waals surface area contributed by atoms with Gasteiger partial charge in [0.1, 0.15) is 0 Å². The predicted molar refractivity (Wildman–Crippen MR) is 57.9 cm³/mol. The summed E-state index contributed by atoms with van der Waals surface area (Å²) < 4.78 is 0. The summed E-state index contributed by atoms with van der Waals surface area (Å²) in [5.41, 5.74) is -0.344. The summed E-state index contributed by atoms with van der Waals surface area (Å²) in [6.45, 7) is 10.1. The Balaban J connectivity index is 3.71. The fourth-order valence-corrected chi connectivity index (χ4v) is 0.932. The number of amides is 1. The molecule has 1 atom stereocenters. The molecule has 14 heavy (non-hydrogen) atoms. The molecule has 3 nitrogen and oxygen atoms in total. The van der Waals surface area contributed by atoms with E-state index in [-0.39, 0.29) is 23.3 Å². The van der Waals surface area contributed by atoms with Crippen molar-refractivity contribution in [2.45, 2.75) is 47.1 Å². The number of aliphatic hydroxyl groups excluding tert-OH is 1. The first kappa shape index (κ1) is 13.4. The third-order valence-corrected chi connectivity index (χ3v) is 2.18. The second-order valence-corrected chi connectivity index (χ2v) is 5.11. The molecule has 0 radical (unpaired) electrons. The second kappa shape index (κ2) is 5.35. The van der Waals surface area contributed by atoms with E-state index in [1.807, 2.05) is 34.6 Å². The average molecular weight is 201 g/mol. The Kier molecular flexibility index (Phi) is 5.13. The van der Waals surface area contributed by atoms with Gasteiger partial charge in [-0.25, -0.2) is 0 Å². The van der Waals surface area contributed by atoms with Gasteiger partial charge in [-0.3, -0.25) is 4.79 Å². The van der Waals surface area contributed by atoms with Crippen LogP contribution in [-0.2, 0) is 4.79 Å². The Morgan fingerprint density at radius 2 is 1.86 bits per heavy atom. The van der Waals surface area contributed by atoms with Crippen LogP contribution < -0.4 is 5.32 Å². The highest BCUT2D eigenvalue weighted by atomic mass is 16.3. The van der Waals surface area contributed by atoms with E-state index in [9.17, 15) is 9.90 Å². The van der Waals surface area contributed by atoms with Gasteiger partial charge in [-0.05, 0) is 12.3 Å². The number of nitrogens with one attached hydrogen (secondary N) is 1. The van der Waals surface area contributed by atoms with E-state index in [4.69, 9.17) is 0 Å². The van der Waals surface area contributed by atoms with Crippen molar-refractivity contribution in [3.8, 4) is 0 Å². The fraction of sp³-hybridized carbons (Fsp3) is 0.909. The summed E-state index contributed by atoms with van der Waals surface area (Å²) in [6, 6.07) is 0. The lowest BCUT2D eigenvalue weighted by Gasteiger charge is -2.19. The Morgan fingerprint density at radius 3 is 2.21 bits per heavy atom. The smallest absolute Gasteiger partial charge is 0.225 e. The first-order valence-corrected chi connectivity index (χ1v) is 5.21. The highest BCUT2D eigenvalue weighted by molar-refractivity contribution is 5.81. The van der Waals surface area contributed by atoms with Crippen LogP contribution in [0.15, 0.2) is 0 Å². The normalized spacial score (nSPS) is 14.2. The monoisotopic (exact) mass is 201 g/mol. The molecule has 0 spiro atoms. The van der Waals surface area contributed by atoms with Crippen molar-refractivity contribution in [3.63, 3.8) is 0 Å². The van der Waals surface area contributed by atoms with Crippen molar-refractivity contribution in [1.82, 2.24) is 5.32 Å². The van der Waals surface area contributed by atoms with Crippen LogP contribution >= 0.6 is 0 Å². The second-order valence-electron chi connectivity index (χ2n) is 5.11. The number of hydrogen-bond acceptors (Lipinski definition) is 2. The predicted octanol–water partition coefficient (Wildman–Crippen LogP) is 1.56. The van der Waals surface area contributed by atoms with Crippen LogP contribution in [0.3, 0.4) is 0 Å². The molecule has 0 aliphatic carbocycles. The SMILES string of the molecule is CC(C)C(O)CCNC(=O)C(C)(C)C. The summed E-state index contributed by atoms with van der Waals surface area (Å²) in [5, 5.41) is 12.3. The van der Waals surface area contributed by atoms with Gasteiger partial charge < -0.3 is 10.4 Å². The van der Waals surface area contributed by atoms with Crippen molar-refractivity contribution in [1.29, 1.82) is 0 Å². The molecule has 2 N–H and O–H groups in total. The third kappa shape index (κ3) is 5.22. The van der Waals surface area contributed by atoms with E-state index in [2.05, 4.69) is 5.32 Å². The molecule has 0 aromatic carbocycles. The van der Waals surface area contributed by atoms with Crippen LogP contribution in [0.5, 0.6) is 0 Å². The van der Waals surface area contributed by atoms with Gasteiger partial charge in [0.25, 0.3) is 0 Å². The van der Waals surface area contributed by atoms with E-state index >= 15 is 0 Å². The number of hydrogen-bond donors (Lipinski definition) is 2. The highest BCUT2D eigenvalue weighted by Gasteiger charge is 2.20. The summed E-state index contributed by atoms with van der Waals surface area (Å²) >= 11 is 0. The highest BCUT2D eigenvalue weighted by Crippen LogP contribution is 2.12. The molecule has 0 aliphatic heterocycles. The zero-order valence-corrected chi connectivity index (χ0v) is 9.92. The molecular formula is C11H23NO2. The van der Waals surface area contributed by atoms with E-state index in [1.54, 1.807) is 0 Å². The van der Waals surface area contributed by atoms with E-state index < -0.39 is 0 Å². The lowest BCUT2D eigenvalue weighted by molar-refractivity contribution is -0.128. The fourth-order valence-electron chi connectivity index (χ4n) is 0.932. The van der Waals surface area contributed by atoms with Crippen molar-refractivity contribution in [2.24, 2.45) is 11.3 Å². The Labute approximate surface area is 86.9 Å². The van der Waals surface area contributed by atoms with Gasteiger partial charge in [0, 0.05) is 12.0 Å². The maximum atomic E-state index is 11.4. The lowest BCUT2D eigenvalue weighted by atomic mass is 9.95. The molecule has 84 valence electrons. The van der Waals surface area contributed by atoms with E-state index in [0.717, 1.165) is 0 Å². The molecule has 1 amide bonds. The Hall–Kier alpha value is -0.570. The van der Waals surface area contributed by atoms with Crippen molar-refractivity contribution in [3.05, 3.63) is 0 Å². The van der Waals surface area contributed by atoms with Crippen molar-refractivity contribution in [2.75, 3.05) is 6.54 Å². The number of rotatable bonds is 4. The molecule has 1 unspecified atom stereocenters. The third-order valence-electron chi connectivity index (χ3n) is 2.18. The van der Waals surface area contributed by atoms with Crippen LogP contribution in [0.4, 0.5) is 0 Å². The standard InChI is InChI=1S/C11H23NO2/c1-8(2)9(13)6-7-12-10(14)11(3,4)5/h8-9,13H,6-7H2,1-5H3,(H,12,14). The maximum Gasteiger partial charge on any atom is 0.225 e. The minimum absolute atomic E-state index is 0.0356. The summed E-state index contributed by atoms with van der Waals surface area (Å²) in [4.78, 5) is 11.4. The molecule has 0 aliphatic rings. The van der Waals surface area contributed by atoms with Gasteiger partial charge in [-0.1, -0.05) is 34.6 Å². The Morgan fingerprint density at radius 1 is 1.36 bits per heavy atom. The van der Waals surface area contributed by atoms with Gasteiger partial charge in [0.2, 0.25) is 5.91 Å². The summed E-state index contributed by atoms with van der Waals surface area (Å²) in [5.74, 6) is 0.287. The summed E-state index contributed by atoms with van der Waals surface area (Å²) in [7, 11) is 0. The zero-order valence-electron chi connectivity index (χ0n) is 9.92. The van der Waals surface area contributed by atoms with Gasteiger partial charge in [0.05, 0.1) is 6.10 Å². The van der Waals surface area contributed by atoms with Gasteiger partial charge >= 0.3 is 0 Å². The molecule has 0 aromatic heterocycles. The topological polar surface area (TPSA) is 49.3 Å². The number of aliphatic hydroxyl groups is 1. The van der Waals surface area contributed by atoms with Gasteiger partial charge in [-0.2, -0.15) is 0 Å². The van der Waals surface area contributed by atoms with Crippen molar-refractivity contribution < 1.29 is 9.90 Å². The quantitative estimate of drug-likeness (QED) is 0.725. The molecule has 0 saturated carbocycles. The van der Waals surface area contributed by atoms with Crippen LogP contribution in [-0.4, -0.2) is 23.7 Å². The van der Waals surface area contributed by atoms with Crippen LogP contribution in [0.25, 0.3) is 0 Å². The van der Waals surface area contributed by atoms with Crippen LogP contribution in [0.1, 0.15) is 41.0 Å². The number of carbonyl (C=O) groups excluding carboxylic acids is 1. The lowest BCUT2D eigenvalue weighted by Crippen LogP contribution is -2.36. The molecule has 0 saturated heterocycles. The maximum absolute atomic E-state index is 11.4. The Bertz CT molecular complexity index is 182. The van der Waals surface area contributed by atoms with Gasteiger partial charge in [-0.15, -0.1) is 0 Å². The summed E-state index contributed by atoms with van der Waals surface area (Å²) in [6.07, 6.45) is 0.301. The van der Waals surface area contributed by atoms with Crippen molar-refractivity contribution >= 4 is 5.91 Å². The molecule has 0 heterocycles. The minimum atomic E-state index is -0.344. The van der Waals surface area contributed by atoms with Gasteiger partial charge in [0.15, 0.2) is 0 Å². The van der Waals surface area contributed by atoms with E-state index in [1.165, 1.54) is 0 Å². The van der Waals surface area contributed by atoms with Crippen LogP contribution in [0, 0.1) is 11.3 Å². The molecular weight excluding hydrogens is 178 g/mol. The first-order chi connectivity index (χ1) is 6.25. The molecule has 0 bridgehead atoms. The molecule has 3 heteroatoms. The van der Waals surface area contributed by atoms with Crippen LogP contribution in [0.2, 0.25) is 0 Å². The minimum Gasteiger partial charge on any atom is -0.393 e. The molecule has 0 rings (SSSR count). The van der Waals surface area contributed by atoms with E-state index in [0.29, 0.717) is 13.0 Å². The molecule has 0 fully saturated rings. The first-order valence-electron chi connectivity index (χ1n) is 5.21. The zero-order chi connectivity index (χ0) is 11.4. The largest absolute Gasteiger partial charge is 0.393 e. The average Bonchev–Trinajstić information content (AvgIpc) is 2.01. The number of carbonyl (C=O) groups is 1. The molecule has 0 aromatic rings.